The molecule has 0 aliphatic rings. The summed E-state index contributed by atoms with van der Waals surface area (Å²) in [5.74, 6) is 0. The van der Waals surface area contributed by atoms with E-state index in [0.29, 0.717) is 0 Å². The van der Waals surface area contributed by atoms with E-state index in [9.17, 15) is 0 Å². The van der Waals surface area contributed by atoms with E-state index in [1.54, 1.807) is 0 Å². The molecule has 0 fully saturated rings. The smallest absolute Gasteiger partial charge is 0.0586 e. The minimum Gasteiger partial charge on any atom is -0.399 e. The summed E-state index contributed by atoms with van der Waals surface area (Å²) >= 11 is 3.58. The second kappa shape index (κ2) is 5.34. The van der Waals surface area contributed by atoms with Gasteiger partial charge in [-0.3, -0.25) is 0 Å². The summed E-state index contributed by atoms with van der Waals surface area (Å²) in [7, 11) is 1.95. The van der Waals surface area contributed by atoms with Crippen molar-refractivity contribution >= 4 is 21.6 Å². The van der Waals surface area contributed by atoms with Gasteiger partial charge in [-0.1, -0.05) is 46.3 Å². The van der Waals surface area contributed by atoms with Crippen LogP contribution in [0.15, 0.2) is 53.0 Å². The standard InChI is InChI=1S/C14H15BrN2/c1-17-14(10-5-4-6-11(16)9-10)12-7-2-3-8-13(12)15/h2-9,14,17H,16H2,1H3. The van der Waals surface area contributed by atoms with Gasteiger partial charge in [0.05, 0.1) is 6.04 Å². The normalized spacial score (nSPS) is 12.4. The van der Waals surface area contributed by atoms with E-state index in [4.69, 9.17) is 5.73 Å². The molecule has 0 aromatic heterocycles. The molecule has 88 valence electrons. The first-order valence-corrected chi connectivity index (χ1v) is 6.29. The summed E-state index contributed by atoms with van der Waals surface area (Å²) in [5.41, 5.74) is 8.99. The largest absolute Gasteiger partial charge is 0.399 e. The first-order valence-electron chi connectivity index (χ1n) is 5.49. The van der Waals surface area contributed by atoms with Gasteiger partial charge in [-0.05, 0) is 36.4 Å². The molecule has 2 rings (SSSR count). The molecule has 0 saturated heterocycles. The van der Waals surface area contributed by atoms with Crippen LogP contribution in [0.1, 0.15) is 17.2 Å². The second-order valence-electron chi connectivity index (χ2n) is 3.91. The van der Waals surface area contributed by atoms with Crippen LogP contribution in [-0.4, -0.2) is 7.05 Å². The highest BCUT2D eigenvalue weighted by atomic mass is 79.9. The van der Waals surface area contributed by atoms with Gasteiger partial charge in [0.15, 0.2) is 0 Å². The van der Waals surface area contributed by atoms with Crippen molar-refractivity contribution in [3.8, 4) is 0 Å². The van der Waals surface area contributed by atoms with Gasteiger partial charge in [-0.2, -0.15) is 0 Å². The van der Waals surface area contributed by atoms with Crippen molar-refractivity contribution in [2.75, 3.05) is 12.8 Å². The molecule has 0 aliphatic heterocycles. The van der Waals surface area contributed by atoms with Gasteiger partial charge in [-0.15, -0.1) is 0 Å². The lowest BCUT2D eigenvalue weighted by Crippen LogP contribution is -2.18. The Morgan fingerprint density at radius 3 is 2.53 bits per heavy atom. The topological polar surface area (TPSA) is 38.0 Å². The van der Waals surface area contributed by atoms with Crippen molar-refractivity contribution in [3.05, 3.63) is 64.1 Å². The Hall–Kier alpha value is -1.32. The predicted molar refractivity (Wildman–Crippen MR) is 75.9 cm³/mol. The van der Waals surface area contributed by atoms with Crippen molar-refractivity contribution in [3.63, 3.8) is 0 Å². The van der Waals surface area contributed by atoms with Crippen LogP contribution in [0.4, 0.5) is 5.69 Å². The Bertz CT molecular complexity index is 511. The first-order chi connectivity index (χ1) is 8.22. The average molecular weight is 291 g/mol. The molecular formula is C14H15BrN2. The van der Waals surface area contributed by atoms with Gasteiger partial charge in [0.2, 0.25) is 0 Å². The first kappa shape index (κ1) is 12.1. The fourth-order valence-electron chi connectivity index (χ4n) is 1.95. The van der Waals surface area contributed by atoms with Crippen LogP contribution < -0.4 is 11.1 Å². The monoisotopic (exact) mass is 290 g/mol. The second-order valence-corrected chi connectivity index (χ2v) is 4.77. The summed E-state index contributed by atoms with van der Waals surface area (Å²) in [6, 6.07) is 16.3. The molecule has 2 aromatic carbocycles. The lowest BCUT2D eigenvalue weighted by atomic mass is 9.98. The van der Waals surface area contributed by atoms with Crippen LogP contribution in [-0.2, 0) is 0 Å². The number of nitrogens with two attached hydrogens (primary N) is 1. The zero-order valence-electron chi connectivity index (χ0n) is 9.65. The van der Waals surface area contributed by atoms with Gasteiger partial charge in [-0.25, -0.2) is 0 Å². The minimum absolute atomic E-state index is 0.147. The Morgan fingerprint density at radius 2 is 1.88 bits per heavy atom. The number of benzene rings is 2. The number of rotatable bonds is 3. The molecule has 0 radical (unpaired) electrons. The van der Waals surface area contributed by atoms with E-state index in [1.807, 2.05) is 43.4 Å². The molecule has 2 aromatic rings. The number of halogens is 1. The Morgan fingerprint density at radius 1 is 1.12 bits per heavy atom. The number of hydrogen-bond donors (Lipinski definition) is 2. The molecule has 1 atom stereocenters. The van der Waals surface area contributed by atoms with E-state index in [2.05, 4.69) is 33.4 Å². The SMILES string of the molecule is CNC(c1cccc(N)c1)c1ccccc1Br. The van der Waals surface area contributed by atoms with Crippen LogP contribution >= 0.6 is 15.9 Å². The quantitative estimate of drug-likeness (QED) is 0.851. The molecule has 0 spiro atoms. The molecule has 0 amide bonds. The zero-order chi connectivity index (χ0) is 12.3. The van der Waals surface area contributed by atoms with E-state index < -0.39 is 0 Å². The number of nitrogen functional groups attached to an aromatic ring is 1. The van der Waals surface area contributed by atoms with Crippen molar-refractivity contribution in [2.24, 2.45) is 0 Å². The Kier molecular flexibility index (Phi) is 3.82. The summed E-state index contributed by atoms with van der Waals surface area (Å²) in [5, 5.41) is 3.32. The highest BCUT2D eigenvalue weighted by Gasteiger charge is 2.14. The van der Waals surface area contributed by atoms with Gasteiger partial charge < -0.3 is 11.1 Å². The van der Waals surface area contributed by atoms with Crippen molar-refractivity contribution in [2.45, 2.75) is 6.04 Å². The zero-order valence-corrected chi connectivity index (χ0v) is 11.2. The highest BCUT2D eigenvalue weighted by molar-refractivity contribution is 9.10. The number of hydrogen-bond acceptors (Lipinski definition) is 2. The summed E-state index contributed by atoms with van der Waals surface area (Å²) in [6.45, 7) is 0. The fourth-order valence-corrected chi connectivity index (χ4v) is 2.46. The molecule has 3 N–H and O–H groups in total. The van der Waals surface area contributed by atoms with Crippen molar-refractivity contribution < 1.29 is 0 Å². The predicted octanol–water partition coefficient (Wildman–Crippen LogP) is 3.34. The summed E-state index contributed by atoms with van der Waals surface area (Å²) in [6.07, 6.45) is 0. The lowest BCUT2D eigenvalue weighted by Gasteiger charge is -2.19. The third-order valence-corrected chi connectivity index (χ3v) is 3.47. The van der Waals surface area contributed by atoms with E-state index >= 15 is 0 Å². The van der Waals surface area contributed by atoms with E-state index in [0.717, 1.165) is 10.2 Å². The molecule has 0 aliphatic carbocycles. The average Bonchev–Trinajstić information content (AvgIpc) is 2.33. The minimum atomic E-state index is 0.147. The molecule has 2 nitrogen and oxygen atoms in total. The van der Waals surface area contributed by atoms with Crippen LogP contribution in [0.2, 0.25) is 0 Å². The molecule has 1 unspecified atom stereocenters. The summed E-state index contributed by atoms with van der Waals surface area (Å²) < 4.78 is 1.10. The van der Waals surface area contributed by atoms with E-state index in [-0.39, 0.29) is 6.04 Å². The molecule has 0 heterocycles. The lowest BCUT2D eigenvalue weighted by molar-refractivity contribution is 0.689. The maximum absolute atomic E-state index is 5.83. The number of nitrogens with one attached hydrogen (secondary N) is 1. The Balaban J connectivity index is 2.44. The Labute approximate surface area is 110 Å². The van der Waals surface area contributed by atoms with Crippen molar-refractivity contribution in [1.29, 1.82) is 0 Å². The van der Waals surface area contributed by atoms with E-state index in [1.165, 1.54) is 11.1 Å². The van der Waals surface area contributed by atoms with Crippen LogP contribution in [0.25, 0.3) is 0 Å². The highest BCUT2D eigenvalue weighted by Crippen LogP contribution is 2.28. The van der Waals surface area contributed by atoms with Crippen molar-refractivity contribution in [1.82, 2.24) is 5.32 Å². The maximum atomic E-state index is 5.83. The van der Waals surface area contributed by atoms with Crippen LogP contribution in [0, 0.1) is 0 Å². The fraction of sp³-hybridized carbons (Fsp3) is 0.143. The van der Waals surface area contributed by atoms with Gasteiger partial charge in [0, 0.05) is 10.2 Å². The van der Waals surface area contributed by atoms with Crippen LogP contribution in [0.5, 0.6) is 0 Å². The molecule has 3 heteroatoms. The molecule has 17 heavy (non-hydrogen) atoms. The maximum Gasteiger partial charge on any atom is 0.0586 e. The molecular weight excluding hydrogens is 276 g/mol. The summed E-state index contributed by atoms with van der Waals surface area (Å²) in [4.78, 5) is 0. The van der Waals surface area contributed by atoms with Gasteiger partial charge >= 0.3 is 0 Å². The molecule has 0 bridgehead atoms. The number of anilines is 1. The van der Waals surface area contributed by atoms with Gasteiger partial charge in [0.25, 0.3) is 0 Å². The van der Waals surface area contributed by atoms with Gasteiger partial charge in [0.1, 0.15) is 0 Å². The van der Waals surface area contributed by atoms with Crippen LogP contribution in [0.3, 0.4) is 0 Å². The third-order valence-electron chi connectivity index (χ3n) is 2.75. The third kappa shape index (κ3) is 2.68. The molecule has 0 saturated carbocycles.